The quantitative estimate of drug-likeness (QED) is 0.273. The Hall–Kier alpha value is 0.420. The molecule has 1 radical (unpaired) electrons. The van der Waals surface area contributed by atoms with E-state index in [4.69, 9.17) is 25.5 Å². The van der Waals surface area contributed by atoms with Crippen molar-refractivity contribution >= 4 is 0 Å². The van der Waals surface area contributed by atoms with Crippen LogP contribution in [0, 0.1) is 0 Å². The molecule has 9 heteroatoms. The van der Waals surface area contributed by atoms with E-state index in [1.54, 1.807) is 27.7 Å². The summed E-state index contributed by atoms with van der Waals surface area (Å²) in [6.45, 7) is 9.26. The van der Waals surface area contributed by atoms with Crippen LogP contribution in [0.15, 0.2) is 0 Å². The van der Waals surface area contributed by atoms with Crippen LogP contribution in [-0.4, -0.2) is 77.6 Å². The van der Waals surface area contributed by atoms with Crippen LogP contribution in [0.2, 0.25) is 0 Å². The molecule has 0 aromatic rings. The smallest absolute Gasteiger partial charge is 0.154 e. The molecule has 0 saturated heterocycles. The van der Waals surface area contributed by atoms with E-state index in [1.807, 2.05) is 0 Å². The molecule has 0 spiro atoms. The molecule has 0 fully saturated rings. The fourth-order valence-electron chi connectivity index (χ4n) is 0.380. The molecule has 0 rings (SSSR count). The van der Waals surface area contributed by atoms with Gasteiger partial charge in [-0.1, -0.05) is 0 Å². The van der Waals surface area contributed by atoms with Crippen LogP contribution in [0.1, 0.15) is 34.6 Å². The summed E-state index contributed by atoms with van der Waals surface area (Å²) in [6, 6.07) is 0. The molecule has 8 nitrogen and oxygen atoms in total. The second kappa shape index (κ2) is 49.9. The molecular formula is C12H35NO7Ta. The second-order valence-corrected chi connectivity index (χ2v) is 2.55. The third-order valence-corrected chi connectivity index (χ3v) is 0.665. The molecule has 0 bridgehead atoms. The number of hydrogen-bond acceptors (Lipinski definition) is 8. The van der Waals surface area contributed by atoms with Gasteiger partial charge in [-0.2, -0.15) is 0 Å². The Morgan fingerprint density at radius 3 is 0.905 bits per heavy atom. The predicted molar refractivity (Wildman–Crippen MR) is 78.6 cm³/mol. The first-order chi connectivity index (χ1) is 9.38. The fourth-order valence-corrected chi connectivity index (χ4v) is 0.380. The molecule has 0 aromatic heterocycles. The van der Waals surface area contributed by atoms with Gasteiger partial charge in [-0.15, -0.1) is 0 Å². The number of hydrogen-bond donors (Lipinski definition) is 5. The number of rotatable bonds is 3. The van der Waals surface area contributed by atoms with Crippen molar-refractivity contribution < 1.29 is 57.6 Å². The van der Waals surface area contributed by atoms with Crippen LogP contribution >= 0.6 is 0 Å². The van der Waals surface area contributed by atoms with Crippen molar-refractivity contribution in [3.63, 3.8) is 0 Å². The van der Waals surface area contributed by atoms with Gasteiger partial charge in [0.2, 0.25) is 0 Å². The Morgan fingerprint density at radius 1 is 0.762 bits per heavy atom. The fraction of sp³-hybridized carbons (Fsp3) is 1.00. The molecule has 1 unspecified atom stereocenters. The summed E-state index contributed by atoms with van der Waals surface area (Å²) in [6.07, 6.45) is -0.731. The molecular weight excluding hydrogens is 451 g/mol. The molecule has 0 aliphatic heterocycles. The Labute approximate surface area is 144 Å². The summed E-state index contributed by atoms with van der Waals surface area (Å²) in [5, 5.41) is 39.9. The van der Waals surface area contributed by atoms with Crippen LogP contribution in [0.3, 0.4) is 0 Å². The largest absolute Gasteiger partial charge is 0.397 e. The van der Waals surface area contributed by atoms with E-state index in [-0.39, 0.29) is 48.8 Å². The first-order valence-corrected chi connectivity index (χ1v) is 6.37. The maximum atomic E-state index is 8.69. The third kappa shape index (κ3) is 97.7. The minimum atomic E-state index is -0.731. The van der Waals surface area contributed by atoms with Gasteiger partial charge in [-0.3, -0.25) is 9.68 Å². The topological polar surface area (TPSA) is 123 Å². The van der Waals surface area contributed by atoms with Crippen LogP contribution in [-0.2, 0) is 32.1 Å². The summed E-state index contributed by atoms with van der Waals surface area (Å²) < 4.78 is 0. The van der Waals surface area contributed by atoms with Crippen molar-refractivity contribution in [3.05, 3.63) is 0 Å². The van der Waals surface area contributed by atoms with E-state index in [0.29, 0.717) is 0 Å². The standard InChI is InChI=1S/C4H11NO3.4C2H6O.Ta/c1-4(6)5(7-2)8-3;4*1-2-3;/h4,6H,1-3H3;4*3H,2H2,1H3;. The molecule has 1 atom stereocenters. The summed E-state index contributed by atoms with van der Waals surface area (Å²) in [4.78, 5) is 9.04. The molecule has 21 heavy (non-hydrogen) atoms. The molecule has 0 aromatic carbocycles. The Balaban J connectivity index is -0.0000000369. The van der Waals surface area contributed by atoms with E-state index < -0.39 is 6.23 Å². The molecule has 0 heterocycles. The van der Waals surface area contributed by atoms with Gasteiger partial charge < -0.3 is 25.5 Å². The Bertz CT molecular complexity index is 102. The normalized spacial score (nSPS) is 9.00. The maximum absolute atomic E-state index is 8.69. The monoisotopic (exact) mass is 486 g/mol. The van der Waals surface area contributed by atoms with Gasteiger partial charge in [0, 0.05) is 48.8 Å². The minimum Gasteiger partial charge on any atom is -0.397 e. The zero-order valence-corrected chi connectivity index (χ0v) is 17.6. The van der Waals surface area contributed by atoms with E-state index in [0.717, 1.165) is 5.23 Å². The van der Waals surface area contributed by atoms with E-state index in [9.17, 15) is 0 Å². The number of nitrogens with zero attached hydrogens (tertiary/aromatic N) is 1. The van der Waals surface area contributed by atoms with Crippen molar-refractivity contribution in [2.24, 2.45) is 0 Å². The van der Waals surface area contributed by atoms with Crippen LogP contribution in [0.25, 0.3) is 0 Å². The van der Waals surface area contributed by atoms with E-state index >= 15 is 0 Å². The molecule has 135 valence electrons. The average Bonchev–Trinajstić information content (AvgIpc) is 2.34. The van der Waals surface area contributed by atoms with Crippen LogP contribution in [0.4, 0.5) is 0 Å². The second-order valence-electron chi connectivity index (χ2n) is 2.55. The molecule has 5 N–H and O–H groups in total. The summed E-state index contributed by atoms with van der Waals surface area (Å²) in [5.74, 6) is 0. The van der Waals surface area contributed by atoms with Gasteiger partial charge >= 0.3 is 0 Å². The molecule has 0 aliphatic rings. The van der Waals surface area contributed by atoms with E-state index in [1.165, 1.54) is 21.1 Å². The first-order valence-electron chi connectivity index (χ1n) is 6.37. The van der Waals surface area contributed by atoms with Crippen molar-refractivity contribution in [3.8, 4) is 0 Å². The first kappa shape index (κ1) is 37.6. The van der Waals surface area contributed by atoms with Crippen molar-refractivity contribution in [1.82, 2.24) is 5.23 Å². The van der Waals surface area contributed by atoms with Gasteiger partial charge in [0.25, 0.3) is 0 Å². The number of aliphatic hydroxyl groups excluding tert-OH is 5. The number of aliphatic hydroxyl groups is 5. The SMILES string of the molecule is CCO.CCO.CCO.CCO.CON(OC)C(C)O.[Ta]. The zero-order valence-electron chi connectivity index (χ0n) is 14.4. The van der Waals surface area contributed by atoms with E-state index in [2.05, 4.69) is 9.68 Å². The van der Waals surface area contributed by atoms with Gasteiger partial charge in [0.15, 0.2) is 6.23 Å². The van der Waals surface area contributed by atoms with Crippen molar-refractivity contribution in [2.45, 2.75) is 40.8 Å². The van der Waals surface area contributed by atoms with Gasteiger partial charge in [0.05, 0.1) is 14.2 Å². The Morgan fingerprint density at radius 2 is 0.905 bits per heavy atom. The van der Waals surface area contributed by atoms with Crippen molar-refractivity contribution in [2.75, 3.05) is 40.6 Å². The van der Waals surface area contributed by atoms with Crippen LogP contribution in [0.5, 0.6) is 0 Å². The number of hydroxylamine groups is 2. The van der Waals surface area contributed by atoms with Crippen molar-refractivity contribution in [1.29, 1.82) is 0 Å². The van der Waals surface area contributed by atoms with Gasteiger partial charge in [-0.25, -0.2) is 0 Å². The molecule has 0 amide bonds. The van der Waals surface area contributed by atoms with Gasteiger partial charge in [0.1, 0.15) is 0 Å². The van der Waals surface area contributed by atoms with Gasteiger partial charge in [-0.05, 0) is 39.8 Å². The third-order valence-electron chi connectivity index (χ3n) is 0.665. The molecule has 0 aliphatic carbocycles. The molecule has 0 saturated carbocycles. The summed E-state index contributed by atoms with van der Waals surface area (Å²) >= 11 is 0. The maximum Gasteiger partial charge on any atom is 0.154 e. The predicted octanol–water partition coefficient (Wildman–Crippen LogP) is -0.259. The Kier molecular flexibility index (Phi) is 89.3. The average molecular weight is 486 g/mol. The summed E-state index contributed by atoms with van der Waals surface area (Å²) in [7, 11) is 2.83. The zero-order chi connectivity index (χ0) is 17.4. The van der Waals surface area contributed by atoms with Crippen LogP contribution < -0.4 is 0 Å². The minimum absolute atomic E-state index is 0. The summed E-state index contributed by atoms with van der Waals surface area (Å²) in [5.41, 5.74) is 0.